The average Bonchev–Trinajstić information content (AvgIpc) is 3.43. The molecule has 0 heterocycles. The monoisotopic (exact) mass is 814 g/mol. The maximum absolute atomic E-state index is 7.21. The van der Waals surface area contributed by atoms with Gasteiger partial charge in [0.1, 0.15) is 0 Å². The fraction of sp³-hybridized carbons (Fsp3) is 0.296. The van der Waals surface area contributed by atoms with E-state index in [9.17, 15) is 0 Å². The predicted molar refractivity (Wildman–Crippen MR) is 250 cm³/mol. The normalized spacial score (nSPS) is 13.5. The van der Waals surface area contributed by atoms with E-state index < -0.39 is 0 Å². The third-order valence-electron chi connectivity index (χ3n) is 12.4. The molecule has 0 nitrogen and oxygen atoms in total. The highest BCUT2D eigenvalue weighted by Crippen LogP contribution is 2.60. The molecule has 0 spiro atoms. The molecule has 1 aliphatic rings. The van der Waals surface area contributed by atoms with E-state index in [-0.39, 0.29) is 21.7 Å². The Morgan fingerprint density at radius 1 is 0.393 bits per heavy atom. The Kier molecular flexibility index (Phi) is 8.13. The zero-order chi connectivity index (χ0) is 40.0. The molecule has 282 valence electrons. The molecule has 0 radical (unpaired) electrons. The maximum Gasteiger partial charge on any atom is 0.0554 e. The summed E-state index contributed by atoms with van der Waals surface area (Å²) in [7, 11) is 0. The van der Waals surface area contributed by atoms with E-state index in [4.69, 9.17) is 11.6 Å². The number of hydrogen-bond donors (Lipinski definition) is 0. The van der Waals surface area contributed by atoms with Gasteiger partial charge in [0, 0.05) is 4.47 Å². The summed E-state index contributed by atoms with van der Waals surface area (Å²) in [4.78, 5) is 0. The van der Waals surface area contributed by atoms with Gasteiger partial charge in [-0.3, -0.25) is 0 Å². The summed E-state index contributed by atoms with van der Waals surface area (Å²) >= 11 is 11.1. The van der Waals surface area contributed by atoms with Crippen molar-refractivity contribution in [2.75, 3.05) is 0 Å². The Morgan fingerprint density at radius 2 is 0.821 bits per heavy atom. The SMILES string of the molecule is CC(C)(C)c1cc(-c2c3c(c(-c4cc(C(C)(C)C)cc(C(C)(C)C)c4)c4cc(Br)c(Cl)cc24)-c2cc4cccc5ccc6ccc-3c2c6c54)cc(C(C)(C)C)c1. The molecular formula is C54H52BrCl. The van der Waals surface area contributed by atoms with Gasteiger partial charge in [-0.25, -0.2) is 0 Å². The van der Waals surface area contributed by atoms with Gasteiger partial charge < -0.3 is 0 Å². The number of halogens is 2. The summed E-state index contributed by atoms with van der Waals surface area (Å²) in [5.41, 5.74) is 15.5. The lowest BCUT2D eigenvalue weighted by molar-refractivity contribution is 0.568. The van der Waals surface area contributed by atoms with Gasteiger partial charge in [0.05, 0.1) is 5.02 Å². The van der Waals surface area contributed by atoms with Crippen molar-refractivity contribution in [2.24, 2.45) is 0 Å². The van der Waals surface area contributed by atoms with Crippen LogP contribution in [0, 0.1) is 0 Å². The van der Waals surface area contributed by atoms with Crippen LogP contribution in [0.5, 0.6) is 0 Å². The molecular weight excluding hydrogens is 764 g/mol. The van der Waals surface area contributed by atoms with Crippen molar-refractivity contribution in [1.29, 1.82) is 0 Å². The second kappa shape index (κ2) is 12.2. The van der Waals surface area contributed by atoms with Gasteiger partial charge in [0.2, 0.25) is 0 Å². The molecule has 0 N–H and O–H groups in total. The summed E-state index contributed by atoms with van der Waals surface area (Å²) in [6, 6.07) is 37.9. The van der Waals surface area contributed by atoms with Crippen LogP contribution in [0.15, 0.2) is 102 Å². The Labute approximate surface area is 346 Å². The van der Waals surface area contributed by atoms with E-state index in [1.54, 1.807) is 0 Å². The van der Waals surface area contributed by atoms with E-state index in [0.29, 0.717) is 0 Å². The molecule has 0 unspecified atom stereocenters. The van der Waals surface area contributed by atoms with Gasteiger partial charge in [-0.2, -0.15) is 0 Å². The number of rotatable bonds is 2. The molecule has 9 rings (SSSR count). The summed E-state index contributed by atoms with van der Waals surface area (Å²) in [6.07, 6.45) is 0. The molecule has 0 amide bonds. The van der Waals surface area contributed by atoms with Gasteiger partial charge in [-0.15, -0.1) is 0 Å². The Bertz CT molecular complexity index is 2880. The molecule has 0 atom stereocenters. The van der Waals surface area contributed by atoms with E-state index in [1.807, 2.05) is 0 Å². The van der Waals surface area contributed by atoms with Crippen LogP contribution in [0.2, 0.25) is 5.02 Å². The zero-order valence-corrected chi connectivity index (χ0v) is 37.3. The number of benzene rings is 8. The predicted octanol–water partition coefficient (Wildman–Crippen LogP) is 17.3. The molecule has 0 aliphatic heterocycles. The van der Waals surface area contributed by atoms with E-state index in [0.717, 1.165) is 9.50 Å². The molecule has 2 heteroatoms. The molecule has 0 aromatic heterocycles. The second-order valence-corrected chi connectivity index (χ2v) is 21.8. The largest absolute Gasteiger partial charge is 0.0831 e. The Morgan fingerprint density at radius 3 is 1.32 bits per heavy atom. The van der Waals surface area contributed by atoms with Crippen LogP contribution in [0.25, 0.3) is 87.6 Å². The van der Waals surface area contributed by atoms with Crippen molar-refractivity contribution >= 4 is 70.6 Å². The highest BCUT2D eigenvalue weighted by atomic mass is 79.9. The lowest BCUT2D eigenvalue weighted by atomic mass is 9.75. The summed E-state index contributed by atoms with van der Waals surface area (Å²) in [6.45, 7) is 28.0. The first kappa shape index (κ1) is 37.4. The first-order valence-electron chi connectivity index (χ1n) is 20.1. The van der Waals surface area contributed by atoms with Crippen LogP contribution in [0.4, 0.5) is 0 Å². The maximum atomic E-state index is 7.21. The van der Waals surface area contributed by atoms with Gasteiger partial charge in [-0.1, -0.05) is 174 Å². The Balaban J connectivity index is 1.57. The van der Waals surface area contributed by atoms with Crippen molar-refractivity contribution in [3.05, 3.63) is 129 Å². The van der Waals surface area contributed by atoms with Crippen LogP contribution in [0.1, 0.15) is 105 Å². The minimum Gasteiger partial charge on any atom is -0.0831 e. The van der Waals surface area contributed by atoms with Crippen molar-refractivity contribution in [2.45, 2.75) is 105 Å². The lowest BCUT2D eigenvalue weighted by Gasteiger charge is -2.29. The highest BCUT2D eigenvalue weighted by molar-refractivity contribution is 9.10. The molecule has 8 aromatic carbocycles. The van der Waals surface area contributed by atoms with Gasteiger partial charge in [-0.05, 0) is 166 Å². The van der Waals surface area contributed by atoms with E-state index in [2.05, 4.69) is 196 Å². The molecule has 0 saturated carbocycles. The summed E-state index contributed by atoms with van der Waals surface area (Å²) < 4.78 is 0.909. The first-order chi connectivity index (χ1) is 26.1. The minimum absolute atomic E-state index is 0.0383. The van der Waals surface area contributed by atoms with Crippen LogP contribution >= 0.6 is 27.5 Å². The highest BCUT2D eigenvalue weighted by Gasteiger charge is 2.34. The summed E-state index contributed by atoms with van der Waals surface area (Å²) in [5, 5.41) is 11.0. The summed E-state index contributed by atoms with van der Waals surface area (Å²) in [5.74, 6) is 0. The topological polar surface area (TPSA) is 0 Å². The quantitative estimate of drug-likeness (QED) is 0.153. The first-order valence-corrected chi connectivity index (χ1v) is 21.3. The molecule has 1 aliphatic carbocycles. The fourth-order valence-electron chi connectivity index (χ4n) is 9.15. The standard InChI is InChI=1S/C54H52BrCl/c1-51(2,3)34-20-32(21-35(25-34)52(4,5)6)45-39-27-42(55)43(56)28-40(39)46(33-22-36(53(7,8)9)26-37(23-33)54(10,11)12)49-38-19-18-30-17-16-29-14-13-15-31-24-41(50(45)49)48(38)47(30)44(29)31/h13-28H,1-12H3. The smallest absolute Gasteiger partial charge is 0.0554 e. The van der Waals surface area contributed by atoms with Gasteiger partial charge >= 0.3 is 0 Å². The molecule has 0 fully saturated rings. The molecule has 0 bridgehead atoms. The third kappa shape index (κ3) is 5.74. The zero-order valence-electron chi connectivity index (χ0n) is 35.0. The van der Waals surface area contributed by atoms with Crippen molar-refractivity contribution in [3.8, 4) is 44.5 Å². The van der Waals surface area contributed by atoms with Crippen LogP contribution in [-0.4, -0.2) is 0 Å². The van der Waals surface area contributed by atoms with Crippen LogP contribution in [0.3, 0.4) is 0 Å². The average molecular weight is 816 g/mol. The molecule has 56 heavy (non-hydrogen) atoms. The van der Waals surface area contributed by atoms with E-state index in [1.165, 1.54) is 110 Å². The third-order valence-corrected chi connectivity index (χ3v) is 13.6. The second-order valence-electron chi connectivity index (χ2n) is 20.6. The fourth-order valence-corrected chi connectivity index (χ4v) is 9.66. The Hall–Kier alpha value is -4.17. The number of hydrogen-bond acceptors (Lipinski definition) is 0. The van der Waals surface area contributed by atoms with Crippen molar-refractivity contribution in [1.82, 2.24) is 0 Å². The van der Waals surface area contributed by atoms with E-state index >= 15 is 0 Å². The lowest BCUT2D eigenvalue weighted by Crippen LogP contribution is -2.17. The number of fused-ring (bicyclic) bond motifs is 4. The molecule has 0 saturated heterocycles. The molecule has 8 aromatic rings. The van der Waals surface area contributed by atoms with Crippen LogP contribution in [-0.2, 0) is 21.7 Å². The van der Waals surface area contributed by atoms with Crippen molar-refractivity contribution in [3.63, 3.8) is 0 Å². The van der Waals surface area contributed by atoms with Gasteiger partial charge in [0.15, 0.2) is 0 Å². The van der Waals surface area contributed by atoms with Gasteiger partial charge in [0.25, 0.3) is 0 Å². The van der Waals surface area contributed by atoms with Crippen molar-refractivity contribution < 1.29 is 0 Å². The minimum atomic E-state index is -0.0400. The van der Waals surface area contributed by atoms with Crippen LogP contribution < -0.4 is 0 Å².